The van der Waals surface area contributed by atoms with Crippen molar-refractivity contribution in [1.82, 2.24) is 19.9 Å². The third kappa shape index (κ3) is 4.56. The fraction of sp³-hybridized carbons (Fsp3) is 0.429. The molecule has 21 heavy (non-hydrogen) atoms. The second kappa shape index (κ2) is 7.21. The molecule has 0 aromatic carbocycles. The standard InChI is InChI=1S/C14H19N5OS/c1-4-6-15-10-8-12(19-13(17-10)9(2)3)21-14-16-7-5-11(20)18-14/h5,7-9H,4,6H2,1-3H3,(H,15,17,19)(H,16,18,20). The molecule has 0 radical (unpaired) electrons. The van der Waals surface area contributed by atoms with Gasteiger partial charge in [0, 0.05) is 30.8 Å². The van der Waals surface area contributed by atoms with Crippen molar-refractivity contribution in [2.24, 2.45) is 0 Å². The minimum atomic E-state index is -0.171. The van der Waals surface area contributed by atoms with Gasteiger partial charge in [-0.1, -0.05) is 20.8 Å². The zero-order valence-electron chi connectivity index (χ0n) is 12.4. The maximum absolute atomic E-state index is 11.3. The second-order valence-corrected chi connectivity index (χ2v) is 5.88. The maximum Gasteiger partial charge on any atom is 0.251 e. The van der Waals surface area contributed by atoms with E-state index in [0.717, 1.165) is 29.6 Å². The molecule has 0 saturated heterocycles. The van der Waals surface area contributed by atoms with Crippen molar-refractivity contribution in [1.29, 1.82) is 0 Å². The van der Waals surface area contributed by atoms with Crippen LogP contribution in [0.4, 0.5) is 5.82 Å². The first-order valence-electron chi connectivity index (χ1n) is 6.94. The van der Waals surface area contributed by atoms with Gasteiger partial charge in [0.2, 0.25) is 0 Å². The fourth-order valence-corrected chi connectivity index (χ4v) is 2.37. The topological polar surface area (TPSA) is 83.6 Å². The monoisotopic (exact) mass is 305 g/mol. The number of hydrogen-bond donors (Lipinski definition) is 2. The van der Waals surface area contributed by atoms with Gasteiger partial charge in [-0.15, -0.1) is 0 Å². The van der Waals surface area contributed by atoms with E-state index in [9.17, 15) is 4.79 Å². The Morgan fingerprint density at radius 3 is 2.86 bits per heavy atom. The van der Waals surface area contributed by atoms with Crippen LogP contribution in [-0.4, -0.2) is 26.5 Å². The Kier molecular flexibility index (Phi) is 5.32. The molecule has 0 aliphatic rings. The molecule has 2 N–H and O–H groups in total. The fourth-order valence-electron chi connectivity index (χ4n) is 1.60. The lowest BCUT2D eigenvalue weighted by Gasteiger charge is -2.10. The van der Waals surface area contributed by atoms with Gasteiger partial charge >= 0.3 is 0 Å². The van der Waals surface area contributed by atoms with E-state index in [4.69, 9.17) is 0 Å². The number of aromatic amines is 1. The Hall–Kier alpha value is -1.89. The molecule has 0 amide bonds. The molecule has 0 bridgehead atoms. The number of nitrogens with zero attached hydrogens (tertiary/aromatic N) is 3. The van der Waals surface area contributed by atoms with Crippen molar-refractivity contribution in [2.75, 3.05) is 11.9 Å². The predicted molar refractivity (Wildman–Crippen MR) is 83.9 cm³/mol. The number of H-pyrrole nitrogens is 1. The molecule has 112 valence electrons. The van der Waals surface area contributed by atoms with E-state index >= 15 is 0 Å². The highest BCUT2D eigenvalue weighted by atomic mass is 32.2. The average molecular weight is 305 g/mol. The number of nitrogens with one attached hydrogen (secondary N) is 2. The van der Waals surface area contributed by atoms with Crippen LogP contribution in [-0.2, 0) is 0 Å². The molecule has 0 unspecified atom stereocenters. The van der Waals surface area contributed by atoms with Crippen LogP contribution in [0.25, 0.3) is 0 Å². The summed E-state index contributed by atoms with van der Waals surface area (Å²) in [5.41, 5.74) is -0.171. The number of aromatic nitrogens is 4. The molecule has 7 heteroatoms. The van der Waals surface area contributed by atoms with Gasteiger partial charge in [0.25, 0.3) is 5.56 Å². The van der Waals surface area contributed by atoms with Gasteiger partial charge in [-0.3, -0.25) is 4.79 Å². The summed E-state index contributed by atoms with van der Waals surface area (Å²) in [6.07, 6.45) is 2.51. The third-order valence-electron chi connectivity index (χ3n) is 2.64. The number of anilines is 1. The van der Waals surface area contributed by atoms with Crippen molar-refractivity contribution >= 4 is 17.6 Å². The Balaban J connectivity index is 2.28. The van der Waals surface area contributed by atoms with Gasteiger partial charge in [0.05, 0.1) is 0 Å². The van der Waals surface area contributed by atoms with Crippen molar-refractivity contribution in [3.8, 4) is 0 Å². The molecule has 0 atom stereocenters. The summed E-state index contributed by atoms with van der Waals surface area (Å²) in [6.45, 7) is 7.07. The van der Waals surface area contributed by atoms with E-state index in [1.165, 1.54) is 24.0 Å². The van der Waals surface area contributed by atoms with Crippen LogP contribution in [0, 0.1) is 0 Å². The SMILES string of the molecule is CCCNc1cc(Sc2nccc(=O)[nH]2)nc(C(C)C)n1. The van der Waals surface area contributed by atoms with Gasteiger partial charge in [-0.25, -0.2) is 15.0 Å². The van der Waals surface area contributed by atoms with E-state index in [0.29, 0.717) is 5.16 Å². The maximum atomic E-state index is 11.3. The van der Waals surface area contributed by atoms with Crippen molar-refractivity contribution in [2.45, 2.75) is 43.3 Å². The summed E-state index contributed by atoms with van der Waals surface area (Å²) in [5.74, 6) is 1.81. The number of rotatable bonds is 6. The highest BCUT2D eigenvalue weighted by Crippen LogP contribution is 2.25. The van der Waals surface area contributed by atoms with E-state index in [1.54, 1.807) is 0 Å². The molecule has 0 fully saturated rings. The van der Waals surface area contributed by atoms with Gasteiger partial charge in [-0.2, -0.15) is 0 Å². The Morgan fingerprint density at radius 1 is 1.38 bits per heavy atom. The summed E-state index contributed by atoms with van der Waals surface area (Å²) in [5, 5.41) is 4.56. The molecule has 2 aromatic heterocycles. The normalized spacial score (nSPS) is 10.9. The Bertz CT molecular complexity index is 656. The highest BCUT2D eigenvalue weighted by Gasteiger charge is 2.10. The first-order valence-corrected chi connectivity index (χ1v) is 7.76. The zero-order valence-corrected chi connectivity index (χ0v) is 13.2. The van der Waals surface area contributed by atoms with Crippen molar-refractivity contribution < 1.29 is 0 Å². The quantitative estimate of drug-likeness (QED) is 0.630. The zero-order chi connectivity index (χ0) is 15.2. The van der Waals surface area contributed by atoms with Crippen molar-refractivity contribution in [3.05, 3.63) is 34.5 Å². The smallest absolute Gasteiger partial charge is 0.251 e. The molecule has 0 saturated carbocycles. The third-order valence-corrected chi connectivity index (χ3v) is 3.46. The predicted octanol–water partition coefficient (Wildman–Crippen LogP) is 2.66. The van der Waals surface area contributed by atoms with E-state index < -0.39 is 0 Å². The van der Waals surface area contributed by atoms with Crippen LogP contribution in [0.2, 0.25) is 0 Å². The van der Waals surface area contributed by atoms with E-state index in [2.05, 4.69) is 46.0 Å². The summed E-state index contributed by atoms with van der Waals surface area (Å²) < 4.78 is 0. The summed E-state index contributed by atoms with van der Waals surface area (Å²) in [4.78, 5) is 27.1. The molecule has 0 aliphatic heterocycles. The lowest BCUT2D eigenvalue weighted by Crippen LogP contribution is -2.08. The van der Waals surface area contributed by atoms with Gasteiger partial charge in [0.15, 0.2) is 5.16 Å². The molecular weight excluding hydrogens is 286 g/mol. The molecule has 6 nitrogen and oxygen atoms in total. The summed E-state index contributed by atoms with van der Waals surface area (Å²) in [7, 11) is 0. The lowest BCUT2D eigenvalue weighted by molar-refractivity contribution is 0.752. The Morgan fingerprint density at radius 2 is 2.19 bits per heavy atom. The molecular formula is C14H19N5OS. The van der Waals surface area contributed by atoms with Crippen LogP contribution in [0.3, 0.4) is 0 Å². The number of hydrogen-bond acceptors (Lipinski definition) is 6. The summed E-state index contributed by atoms with van der Waals surface area (Å²) in [6, 6.07) is 3.26. The van der Waals surface area contributed by atoms with Gasteiger partial charge in [-0.05, 0) is 18.2 Å². The first-order chi connectivity index (χ1) is 10.1. The van der Waals surface area contributed by atoms with Gasteiger partial charge in [0.1, 0.15) is 16.7 Å². The van der Waals surface area contributed by atoms with Crippen LogP contribution in [0.5, 0.6) is 0 Å². The van der Waals surface area contributed by atoms with E-state index in [1.807, 2.05) is 6.07 Å². The summed E-state index contributed by atoms with van der Waals surface area (Å²) >= 11 is 1.32. The van der Waals surface area contributed by atoms with Crippen molar-refractivity contribution in [3.63, 3.8) is 0 Å². The lowest BCUT2D eigenvalue weighted by atomic mass is 10.2. The molecule has 0 spiro atoms. The molecule has 0 aliphatic carbocycles. The van der Waals surface area contributed by atoms with Crippen LogP contribution < -0.4 is 10.9 Å². The first kappa shape index (κ1) is 15.5. The van der Waals surface area contributed by atoms with Crippen LogP contribution in [0.15, 0.2) is 33.3 Å². The highest BCUT2D eigenvalue weighted by molar-refractivity contribution is 7.99. The minimum absolute atomic E-state index is 0.171. The molecule has 2 heterocycles. The van der Waals surface area contributed by atoms with Gasteiger partial charge < -0.3 is 10.3 Å². The second-order valence-electron chi connectivity index (χ2n) is 4.87. The van der Waals surface area contributed by atoms with E-state index in [-0.39, 0.29) is 11.5 Å². The minimum Gasteiger partial charge on any atom is -0.370 e. The molecule has 2 aromatic rings. The molecule has 2 rings (SSSR count). The average Bonchev–Trinajstić information content (AvgIpc) is 2.45. The van der Waals surface area contributed by atoms with Crippen LogP contribution in [0.1, 0.15) is 38.9 Å². The Labute approximate surface area is 127 Å². The van der Waals surface area contributed by atoms with Crippen LogP contribution >= 0.6 is 11.8 Å². The largest absolute Gasteiger partial charge is 0.370 e.